The van der Waals surface area contributed by atoms with Gasteiger partial charge in [0.15, 0.2) is 0 Å². The molecule has 0 bridgehead atoms. The molecule has 0 amide bonds. The molecule has 0 saturated heterocycles. The van der Waals surface area contributed by atoms with E-state index in [1.165, 1.54) is 16.7 Å². The predicted octanol–water partition coefficient (Wildman–Crippen LogP) is 5.68. The third-order valence-electron chi connectivity index (χ3n) is 3.48. The standard InChI is InChI=1S/C17H19Cl/c1-3-13(2)17(18)16-11-9-15(10-12-16)14-7-5-4-6-8-14/h4-13,17H,3H2,1-2H3. The summed E-state index contributed by atoms with van der Waals surface area (Å²) in [6, 6.07) is 19.0. The van der Waals surface area contributed by atoms with Gasteiger partial charge in [0, 0.05) is 0 Å². The summed E-state index contributed by atoms with van der Waals surface area (Å²) in [5, 5.41) is 0.111. The minimum Gasteiger partial charge on any atom is -0.118 e. The highest BCUT2D eigenvalue weighted by molar-refractivity contribution is 6.21. The van der Waals surface area contributed by atoms with Gasteiger partial charge in [-0.3, -0.25) is 0 Å². The Kier molecular flexibility index (Phi) is 4.43. The monoisotopic (exact) mass is 258 g/mol. The number of halogens is 1. The molecular weight excluding hydrogens is 240 g/mol. The molecule has 18 heavy (non-hydrogen) atoms. The average Bonchev–Trinajstić information content (AvgIpc) is 2.47. The van der Waals surface area contributed by atoms with E-state index in [1.54, 1.807) is 0 Å². The van der Waals surface area contributed by atoms with Crippen LogP contribution in [-0.4, -0.2) is 0 Å². The zero-order chi connectivity index (χ0) is 13.0. The summed E-state index contributed by atoms with van der Waals surface area (Å²) in [5.74, 6) is 0.509. The summed E-state index contributed by atoms with van der Waals surface area (Å²) >= 11 is 6.46. The van der Waals surface area contributed by atoms with Crippen molar-refractivity contribution >= 4 is 11.6 Å². The molecule has 0 aliphatic rings. The summed E-state index contributed by atoms with van der Waals surface area (Å²) in [5.41, 5.74) is 3.71. The predicted molar refractivity (Wildman–Crippen MR) is 79.9 cm³/mol. The van der Waals surface area contributed by atoms with Crippen LogP contribution in [0.2, 0.25) is 0 Å². The summed E-state index contributed by atoms with van der Waals surface area (Å²) in [4.78, 5) is 0. The van der Waals surface area contributed by atoms with E-state index in [-0.39, 0.29) is 5.38 Å². The SMILES string of the molecule is CCC(C)C(Cl)c1ccc(-c2ccccc2)cc1. The number of hydrogen-bond donors (Lipinski definition) is 0. The van der Waals surface area contributed by atoms with Gasteiger partial charge < -0.3 is 0 Å². The molecule has 0 aliphatic heterocycles. The molecule has 0 aromatic heterocycles. The van der Waals surface area contributed by atoms with E-state index in [9.17, 15) is 0 Å². The first kappa shape index (κ1) is 13.2. The highest BCUT2D eigenvalue weighted by Crippen LogP contribution is 2.32. The first-order chi connectivity index (χ1) is 8.72. The van der Waals surface area contributed by atoms with Crippen LogP contribution in [0.5, 0.6) is 0 Å². The van der Waals surface area contributed by atoms with E-state index in [4.69, 9.17) is 11.6 Å². The van der Waals surface area contributed by atoms with E-state index < -0.39 is 0 Å². The Morgan fingerprint density at radius 1 is 0.889 bits per heavy atom. The van der Waals surface area contributed by atoms with Crippen LogP contribution in [0.4, 0.5) is 0 Å². The Morgan fingerprint density at radius 3 is 2.00 bits per heavy atom. The van der Waals surface area contributed by atoms with Gasteiger partial charge in [-0.1, -0.05) is 74.9 Å². The fourth-order valence-corrected chi connectivity index (χ4v) is 2.35. The van der Waals surface area contributed by atoms with Crippen LogP contribution in [0.25, 0.3) is 11.1 Å². The van der Waals surface area contributed by atoms with Crippen LogP contribution in [0.3, 0.4) is 0 Å². The zero-order valence-electron chi connectivity index (χ0n) is 10.9. The van der Waals surface area contributed by atoms with Crippen molar-refractivity contribution in [3.63, 3.8) is 0 Å². The quantitative estimate of drug-likeness (QED) is 0.619. The van der Waals surface area contributed by atoms with Crippen LogP contribution < -0.4 is 0 Å². The van der Waals surface area contributed by atoms with Crippen molar-refractivity contribution in [1.29, 1.82) is 0 Å². The number of alkyl halides is 1. The summed E-state index contributed by atoms with van der Waals surface area (Å²) in [6.07, 6.45) is 1.11. The van der Waals surface area contributed by atoms with Crippen molar-refractivity contribution in [2.75, 3.05) is 0 Å². The molecule has 0 spiro atoms. The largest absolute Gasteiger partial charge is 0.118 e. The number of benzene rings is 2. The summed E-state index contributed by atoms with van der Waals surface area (Å²) < 4.78 is 0. The van der Waals surface area contributed by atoms with Crippen molar-refractivity contribution in [3.8, 4) is 11.1 Å². The molecule has 0 fully saturated rings. The second kappa shape index (κ2) is 6.06. The van der Waals surface area contributed by atoms with E-state index >= 15 is 0 Å². The Balaban J connectivity index is 2.20. The fourth-order valence-electron chi connectivity index (χ4n) is 2.03. The fraction of sp³-hybridized carbons (Fsp3) is 0.294. The normalized spacial score (nSPS) is 14.2. The van der Waals surface area contributed by atoms with Gasteiger partial charge >= 0.3 is 0 Å². The lowest BCUT2D eigenvalue weighted by Gasteiger charge is -2.16. The van der Waals surface area contributed by atoms with Gasteiger partial charge in [-0.15, -0.1) is 11.6 Å². The molecule has 0 saturated carbocycles. The van der Waals surface area contributed by atoms with Crippen molar-refractivity contribution in [1.82, 2.24) is 0 Å². The van der Waals surface area contributed by atoms with Gasteiger partial charge in [-0.25, -0.2) is 0 Å². The molecule has 94 valence electrons. The van der Waals surface area contributed by atoms with Crippen LogP contribution in [-0.2, 0) is 0 Å². The smallest absolute Gasteiger partial charge is 0.0610 e. The lowest BCUT2D eigenvalue weighted by Crippen LogP contribution is -2.02. The summed E-state index contributed by atoms with van der Waals surface area (Å²) in [7, 11) is 0. The van der Waals surface area contributed by atoms with E-state index in [0.29, 0.717) is 5.92 Å². The molecule has 2 unspecified atom stereocenters. The lowest BCUT2D eigenvalue weighted by molar-refractivity contribution is 0.542. The van der Waals surface area contributed by atoms with Crippen LogP contribution in [0.15, 0.2) is 54.6 Å². The van der Waals surface area contributed by atoms with Gasteiger partial charge in [-0.05, 0) is 22.6 Å². The van der Waals surface area contributed by atoms with E-state index in [1.807, 2.05) is 6.07 Å². The van der Waals surface area contributed by atoms with Gasteiger partial charge in [0.25, 0.3) is 0 Å². The molecule has 0 heterocycles. The van der Waals surface area contributed by atoms with Crippen molar-refractivity contribution < 1.29 is 0 Å². The number of hydrogen-bond acceptors (Lipinski definition) is 0. The Labute approximate surface area is 115 Å². The third-order valence-corrected chi connectivity index (χ3v) is 4.16. The van der Waals surface area contributed by atoms with Gasteiger partial charge in [-0.2, -0.15) is 0 Å². The van der Waals surface area contributed by atoms with Crippen molar-refractivity contribution in [2.24, 2.45) is 5.92 Å². The Bertz CT molecular complexity index is 473. The van der Waals surface area contributed by atoms with Crippen molar-refractivity contribution in [3.05, 3.63) is 60.2 Å². The van der Waals surface area contributed by atoms with Gasteiger partial charge in [0.2, 0.25) is 0 Å². The minimum absolute atomic E-state index is 0.111. The van der Waals surface area contributed by atoms with E-state index in [0.717, 1.165) is 6.42 Å². The Hall–Kier alpha value is -1.27. The first-order valence-corrected chi connectivity index (χ1v) is 6.95. The lowest BCUT2D eigenvalue weighted by atomic mass is 9.96. The third kappa shape index (κ3) is 2.94. The molecule has 0 aliphatic carbocycles. The van der Waals surface area contributed by atoms with Gasteiger partial charge in [0.05, 0.1) is 5.38 Å². The molecule has 1 heteroatoms. The number of rotatable bonds is 4. The molecule has 2 aromatic carbocycles. The molecule has 0 N–H and O–H groups in total. The molecule has 2 atom stereocenters. The van der Waals surface area contributed by atoms with E-state index in [2.05, 4.69) is 62.4 Å². The maximum Gasteiger partial charge on any atom is 0.0610 e. The Morgan fingerprint density at radius 2 is 1.44 bits per heavy atom. The zero-order valence-corrected chi connectivity index (χ0v) is 11.7. The first-order valence-electron chi connectivity index (χ1n) is 6.51. The average molecular weight is 259 g/mol. The molecule has 2 aromatic rings. The van der Waals surface area contributed by atoms with Gasteiger partial charge in [0.1, 0.15) is 0 Å². The molecule has 0 nitrogen and oxygen atoms in total. The highest BCUT2D eigenvalue weighted by atomic mass is 35.5. The maximum absolute atomic E-state index is 6.46. The second-order valence-electron chi connectivity index (χ2n) is 4.78. The summed E-state index contributed by atoms with van der Waals surface area (Å²) in [6.45, 7) is 4.38. The molecular formula is C17H19Cl. The van der Waals surface area contributed by atoms with Crippen LogP contribution >= 0.6 is 11.6 Å². The topological polar surface area (TPSA) is 0 Å². The highest BCUT2D eigenvalue weighted by Gasteiger charge is 2.14. The molecule has 0 radical (unpaired) electrons. The van der Waals surface area contributed by atoms with Crippen LogP contribution in [0.1, 0.15) is 31.2 Å². The van der Waals surface area contributed by atoms with Crippen molar-refractivity contribution in [2.45, 2.75) is 25.6 Å². The minimum atomic E-state index is 0.111. The molecule has 2 rings (SSSR count). The van der Waals surface area contributed by atoms with Crippen LogP contribution in [0, 0.1) is 5.92 Å². The maximum atomic E-state index is 6.46. The second-order valence-corrected chi connectivity index (χ2v) is 5.25.